The van der Waals surface area contributed by atoms with Gasteiger partial charge >= 0.3 is 0 Å². The Morgan fingerprint density at radius 3 is 2.83 bits per heavy atom. The largest absolute Gasteiger partial charge is 0.493 e. The second-order valence-corrected chi connectivity index (χ2v) is 6.33. The van der Waals surface area contributed by atoms with E-state index in [9.17, 15) is 0 Å². The molecule has 7 heteroatoms. The van der Waals surface area contributed by atoms with Crippen molar-refractivity contribution in [2.75, 3.05) is 7.11 Å². The van der Waals surface area contributed by atoms with E-state index in [1.54, 1.807) is 29.3 Å². The number of ether oxygens (including phenoxy) is 1. The maximum atomic E-state index is 5.69. The molecule has 1 atom stereocenters. The van der Waals surface area contributed by atoms with Crippen molar-refractivity contribution in [2.24, 2.45) is 12.9 Å². The molecule has 0 aromatic carbocycles. The Balaban J connectivity index is 2.47. The SMILES string of the molecule is COc1cnn(C)c1C(NN)c1cc(C)c(Br)s1. The molecule has 18 heavy (non-hydrogen) atoms. The number of thiophene rings is 1. The van der Waals surface area contributed by atoms with Crippen molar-refractivity contribution in [3.63, 3.8) is 0 Å². The van der Waals surface area contributed by atoms with Gasteiger partial charge in [-0.3, -0.25) is 10.5 Å². The van der Waals surface area contributed by atoms with E-state index in [1.807, 2.05) is 7.05 Å². The quantitative estimate of drug-likeness (QED) is 0.665. The highest BCUT2D eigenvalue weighted by Gasteiger charge is 2.23. The number of hydrogen-bond acceptors (Lipinski definition) is 5. The van der Waals surface area contributed by atoms with E-state index in [0.717, 1.165) is 20.1 Å². The van der Waals surface area contributed by atoms with Gasteiger partial charge in [-0.05, 0) is 34.5 Å². The third kappa shape index (κ3) is 2.31. The lowest BCUT2D eigenvalue weighted by molar-refractivity contribution is 0.401. The van der Waals surface area contributed by atoms with Crippen molar-refractivity contribution in [1.29, 1.82) is 0 Å². The molecule has 1 unspecified atom stereocenters. The lowest BCUT2D eigenvalue weighted by Crippen LogP contribution is -2.30. The smallest absolute Gasteiger partial charge is 0.162 e. The Morgan fingerprint density at radius 2 is 2.33 bits per heavy atom. The van der Waals surface area contributed by atoms with E-state index in [2.05, 4.69) is 39.4 Å². The lowest BCUT2D eigenvalue weighted by Gasteiger charge is -2.16. The van der Waals surface area contributed by atoms with Crippen molar-refractivity contribution < 1.29 is 4.74 Å². The van der Waals surface area contributed by atoms with Crippen LogP contribution in [0.25, 0.3) is 0 Å². The maximum Gasteiger partial charge on any atom is 0.162 e. The molecule has 0 aliphatic carbocycles. The first kappa shape index (κ1) is 13.5. The van der Waals surface area contributed by atoms with Crippen LogP contribution in [0.4, 0.5) is 0 Å². The van der Waals surface area contributed by atoms with Crippen LogP contribution in [0, 0.1) is 6.92 Å². The molecule has 2 aromatic heterocycles. The summed E-state index contributed by atoms with van der Waals surface area (Å²) >= 11 is 5.18. The number of aryl methyl sites for hydroxylation is 2. The summed E-state index contributed by atoms with van der Waals surface area (Å²) in [6.45, 7) is 2.05. The molecule has 0 radical (unpaired) electrons. The number of hydrazine groups is 1. The van der Waals surface area contributed by atoms with Crippen molar-refractivity contribution in [2.45, 2.75) is 13.0 Å². The number of nitrogens with zero attached hydrogens (tertiary/aromatic N) is 2. The van der Waals surface area contributed by atoms with Gasteiger partial charge in [-0.1, -0.05) is 0 Å². The summed E-state index contributed by atoms with van der Waals surface area (Å²) < 4.78 is 8.20. The monoisotopic (exact) mass is 330 g/mol. The zero-order valence-corrected chi connectivity index (χ0v) is 12.8. The fourth-order valence-electron chi connectivity index (χ4n) is 1.83. The molecule has 2 rings (SSSR count). The van der Waals surface area contributed by atoms with Gasteiger partial charge in [-0.25, -0.2) is 5.43 Å². The predicted octanol–water partition coefficient (Wildman–Crippen LogP) is 2.11. The van der Waals surface area contributed by atoms with E-state index in [4.69, 9.17) is 10.6 Å². The highest BCUT2D eigenvalue weighted by Crippen LogP contribution is 2.36. The van der Waals surface area contributed by atoms with Crippen LogP contribution in [0.1, 0.15) is 22.2 Å². The van der Waals surface area contributed by atoms with E-state index in [1.165, 1.54) is 5.56 Å². The first-order chi connectivity index (χ1) is 8.58. The molecule has 0 fully saturated rings. The summed E-state index contributed by atoms with van der Waals surface area (Å²) in [6, 6.07) is 1.97. The average molecular weight is 331 g/mol. The summed E-state index contributed by atoms with van der Waals surface area (Å²) in [5.74, 6) is 6.42. The highest BCUT2D eigenvalue weighted by molar-refractivity contribution is 9.11. The van der Waals surface area contributed by atoms with Gasteiger partial charge in [0.05, 0.1) is 17.1 Å². The summed E-state index contributed by atoms with van der Waals surface area (Å²) in [7, 11) is 3.50. The highest BCUT2D eigenvalue weighted by atomic mass is 79.9. The fraction of sp³-hybridized carbons (Fsp3) is 0.364. The summed E-state index contributed by atoms with van der Waals surface area (Å²) in [4.78, 5) is 1.11. The van der Waals surface area contributed by atoms with Crippen LogP contribution in [-0.2, 0) is 7.05 Å². The van der Waals surface area contributed by atoms with Crippen LogP contribution >= 0.6 is 27.3 Å². The van der Waals surface area contributed by atoms with Gasteiger partial charge in [0.1, 0.15) is 11.7 Å². The van der Waals surface area contributed by atoms with Gasteiger partial charge < -0.3 is 4.74 Å². The number of halogens is 1. The molecule has 98 valence electrons. The van der Waals surface area contributed by atoms with Crippen LogP contribution < -0.4 is 16.0 Å². The normalized spacial score (nSPS) is 12.7. The molecule has 0 saturated heterocycles. The third-order valence-corrected chi connectivity index (χ3v) is 4.97. The molecule has 0 saturated carbocycles. The second-order valence-electron chi connectivity index (χ2n) is 3.93. The van der Waals surface area contributed by atoms with Crippen molar-refractivity contribution in [1.82, 2.24) is 15.2 Å². The Labute approximate surface area is 118 Å². The molecular formula is C11H15BrN4OS. The van der Waals surface area contributed by atoms with Crippen molar-refractivity contribution >= 4 is 27.3 Å². The molecule has 0 amide bonds. The topological polar surface area (TPSA) is 65.1 Å². The fourth-order valence-corrected chi connectivity index (χ4v) is 3.47. The number of aromatic nitrogens is 2. The van der Waals surface area contributed by atoms with Crippen molar-refractivity contribution in [3.05, 3.63) is 32.2 Å². The molecule has 5 nitrogen and oxygen atoms in total. The molecule has 2 aromatic rings. The van der Waals surface area contributed by atoms with Crippen LogP contribution in [0.5, 0.6) is 5.75 Å². The van der Waals surface area contributed by atoms with E-state index in [-0.39, 0.29) is 6.04 Å². The number of nitrogens with one attached hydrogen (secondary N) is 1. The first-order valence-electron chi connectivity index (χ1n) is 5.36. The Hall–Kier alpha value is -0.890. The average Bonchev–Trinajstić information content (AvgIpc) is 2.86. The molecule has 0 aliphatic rings. The van der Waals surface area contributed by atoms with Crippen molar-refractivity contribution in [3.8, 4) is 5.75 Å². The second kappa shape index (κ2) is 5.40. The van der Waals surface area contributed by atoms with Crippen LogP contribution in [0.15, 0.2) is 16.0 Å². The third-order valence-electron chi connectivity index (χ3n) is 2.77. The van der Waals surface area contributed by atoms with Gasteiger partial charge in [-0.2, -0.15) is 5.10 Å². The molecule has 3 N–H and O–H groups in total. The van der Waals surface area contributed by atoms with E-state index >= 15 is 0 Å². The van der Waals surface area contributed by atoms with Gasteiger partial charge in [0.25, 0.3) is 0 Å². The Morgan fingerprint density at radius 1 is 1.61 bits per heavy atom. The minimum Gasteiger partial charge on any atom is -0.493 e. The van der Waals surface area contributed by atoms with E-state index < -0.39 is 0 Å². The number of hydrogen-bond donors (Lipinski definition) is 2. The molecule has 0 spiro atoms. The standard InChI is InChI=1S/C11H15BrN4OS/c1-6-4-8(18-11(6)12)9(15-13)10-7(17-3)5-14-16(10)2/h4-5,9,15H,13H2,1-3H3. The number of rotatable bonds is 4. The number of methoxy groups -OCH3 is 1. The predicted molar refractivity (Wildman–Crippen MR) is 75.7 cm³/mol. The first-order valence-corrected chi connectivity index (χ1v) is 6.97. The van der Waals surface area contributed by atoms with Crippen LogP contribution in [0.2, 0.25) is 0 Å². The zero-order chi connectivity index (χ0) is 13.3. The van der Waals surface area contributed by atoms with Gasteiger partial charge in [0.15, 0.2) is 5.75 Å². The minimum absolute atomic E-state index is 0.137. The van der Waals surface area contributed by atoms with Crippen LogP contribution in [-0.4, -0.2) is 16.9 Å². The maximum absolute atomic E-state index is 5.69. The van der Waals surface area contributed by atoms with Gasteiger partial charge in [0.2, 0.25) is 0 Å². The summed E-state index contributed by atoms with van der Waals surface area (Å²) in [5.41, 5.74) is 4.93. The van der Waals surface area contributed by atoms with E-state index in [0.29, 0.717) is 0 Å². The molecular weight excluding hydrogens is 316 g/mol. The summed E-state index contributed by atoms with van der Waals surface area (Å²) in [5, 5.41) is 4.20. The minimum atomic E-state index is -0.137. The zero-order valence-electron chi connectivity index (χ0n) is 10.4. The van der Waals surface area contributed by atoms with Gasteiger partial charge in [0, 0.05) is 11.9 Å². The molecule has 0 bridgehead atoms. The molecule has 2 heterocycles. The number of nitrogens with two attached hydrogens (primary N) is 1. The van der Waals surface area contributed by atoms with Crippen LogP contribution in [0.3, 0.4) is 0 Å². The van der Waals surface area contributed by atoms with Gasteiger partial charge in [-0.15, -0.1) is 11.3 Å². The lowest BCUT2D eigenvalue weighted by atomic mass is 10.1. The summed E-state index contributed by atoms with van der Waals surface area (Å²) in [6.07, 6.45) is 1.69. The molecule has 0 aliphatic heterocycles. The Bertz CT molecular complexity index is 532. The Kier molecular flexibility index (Phi) is 4.06.